The van der Waals surface area contributed by atoms with E-state index in [-0.39, 0.29) is 6.10 Å². The van der Waals surface area contributed by atoms with E-state index in [4.69, 9.17) is 4.74 Å². The number of rotatable bonds is 5. The fraction of sp³-hybridized carbons (Fsp3) is 1.00. The molecule has 1 aliphatic heterocycles. The Morgan fingerprint density at radius 3 is 2.73 bits per heavy atom. The molecule has 3 nitrogen and oxygen atoms in total. The maximum atomic E-state index is 9.86. The van der Waals surface area contributed by atoms with Gasteiger partial charge >= 0.3 is 0 Å². The average Bonchev–Trinajstić information content (AvgIpc) is 2.20. The average molecular weight is 215 g/mol. The molecule has 2 unspecified atom stereocenters. The first-order chi connectivity index (χ1) is 7.15. The van der Waals surface area contributed by atoms with Gasteiger partial charge in [0.2, 0.25) is 0 Å². The van der Waals surface area contributed by atoms with Gasteiger partial charge in [-0.15, -0.1) is 0 Å². The highest BCUT2D eigenvalue weighted by atomic mass is 16.5. The molecule has 0 aliphatic carbocycles. The molecule has 2 atom stereocenters. The third-order valence-electron chi connectivity index (χ3n) is 3.14. The molecular formula is C12H25NO2. The van der Waals surface area contributed by atoms with Crippen LogP contribution in [0.5, 0.6) is 0 Å². The van der Waals surface area contributed by atoms with Crippen molar-refractivity contribution in [3.05, 3.63) is 0 Å². The second-order valence-corrected chi connectivity index (χ2v) is 4.78. The van der Waals surface area contributed by atoms with Crippen molar-refractivity contribution in [1.29, 1.82) is 0 Å². The summed E-state index contributed by atoms with van der Waals surface area (Å²) in [6.45, 7) is 10.1. The predicted octanol–water partition coefficient (Wildman–Crippen LogP) is 1.50. The van der Waals surface area contributed by atoms with Gasteiger partial charge in [0.25, 0.3) is 0 Å². The minimum atomic E-state index is -0.170. The van der Waals surface area contributed by atoms with E-state index in [1.165, 1.54) is 6.42 Å². The maximum Gasteiger partial charge on any atom is 0.0624 e. The highest BCUT2D eigenvalue weighted by molar-refractivity contribution is 4.77. The van der Waals surface area contributed by atoms with Gasteiger partial charge in [-0.05, 0) is 33.2 Å². The van der Waals surface area contributed by atoms with Crippen molar-refractivity contribution in [2.45, 2.75) is 45.8 Å². The Bertz CT molecular complexity index is 171. The van der Waals surface area contributed by atoms with E-state index < -0.39 is 0 Å². The highest BCUT2D eigenvalue weighted by Crippen LogP contribution is 2.17. The molecule has 0 amide bonds. The molecule has 0 aromatic rings. The summed E-state index contributed by atoms with van der Waals surface area (Å²) in [7, 11) is 0. The van der Waals surface area contributed by atoms with Crippen LogP contribution >= 0.6 is 0 Å². The van der Waals surface area contributed by atoms with Crippen molar-refractivity contribution in [2.75, 3.05) is 26.3 Å². The number of aliphatic hydroxyl groups is 1. The van der Waals surface area contributed by atoms with Crippen LogP contribution in [-0.4, -0.2) is 48.5 Å². The molecule has 0 radical (unpaired) electrons. The molecule has 0 saturated carbocycles. The van der Waals surface area contributed by atoms with Gasteiger partial charge in [-0.2, -0.15) is 0 Å². The Morgan fingerprint density at radius 1 is 1.47 bits per heavy atom. The smallest absolute Gasteiger partial charge is 0.0624 e. The van der Waals surface area contributed by atoms with Gasteiger partial charge in [-0.25, -0.2) is 0 Å². The molecular weight excluding hydrogens is 190 g/mol. The van der Waals surface area contributed by atoms with E-state index in [1.807, 2.05) is 0 Å². The van der Waals surface area contributed by atoms with Crippen molar-refractivity contribution in [1.82, 2.24) is 4.90 Å². The van der Waals surface area contributed by atoms with Crippen molar-refractivity contribution >= 4 is 0 Å². The quantitative estimate of drug-likeness (QED) is 0.754. The number of nitrogens with zero attached hydrogens (tertiary/aromatic N) is 1. The lowest BCUT2D eigenvalue weighted by Crippen LogP contribution is -2.43. The third-order valence-corrected chi connectivity index (χ3v) is 3.14. The standard InChI is InChI=1S/C12H25NO2/c1-4-6-13(10(2)3)8-11-9-15-7-5-12(11)14/h10-12,14H,4-9H2,1-3H3. The zero-order chi connectivity index (χ0) is 11.3. The first-order valence-corrected chi connectivity index (χ1v) is 6.15. The SMILES string of the molecule is CCCN(CC1COCCC1O)C(C)C. The van der Waals surface area contributed by atoms with Gasteiger partial charge in [0.05, 0.1) is 12.7 Å². The van der Waals surface area contributed by atoms with Crippen LogP contribution in [0, 0.1) is 5.92 Å². The maximum absolute atomic E-state index is 9.86. The Labute approximate surface area is 93.4 Å². The Morgan fingerprint density at radius 2 is 2.20 bits per heavy atom. The van der Waals surface area contributed by atoms with Crippen LogP contribution in [0.1, 0.15) is 33.6 Å². The van der Waals surface area contributed by atoms with Crippen LogP contribution in [-0.2, 0) is 4.74 Å². The molecule has 1 fully saturated rings. The van der Waals surface area contributed by atoms with Gasteiger partial charge < -0.3 is 14.7 Å². The third kappa shape index (κ3) is 4.09. The Hall–Kier alpha value is -0.120. The molecule has 0 bridgehead atoms. The van der Waals surface area contributed by atoms with Crippen LogP contribution in [0.25, 0.3) is 0 Å². The molecule has 1 heterocycles. The first kappa shape index (κ1) is 12.9. The van der Waals surface area contributed by atoms with E-state index >= 15 is 0 Å². The van der Waals surface area contributed by atoms with E-state index in [0.717, 1.165) is 19.5 Å². The predicted molar refractivity (Wildman–Crippen MR) is 61.9 cm³/mol. The summed E-state index contributed by atoms with van der Waals surface area (Å²) >= 11 is 0. The molecule has 0 spiro atoms. The fourth-order valence-electron chi connectivity index (χ4n) is 2.11. The molecule has 1 saturated heterocycles. The highest BCUT2D eigenvalue weighted by Gasteiger charge is 2.26. The summed E-state index contributed by atoms with van der Waals surface area (Å²) in [5.74, 6) is 0.299. The largest absolute Gasteiger partial charge is 0.393 e. The second-order valence-electron chi connectivity index (χ2n) is 4.78. The van der Waals surface area contributed by atoms with Gasteiger partial charge in [-0.1, -0.05) is 6.92 Å². The number of aliphatic hydroxyl groups excluding tert-OH is 1. The van der Waals surface area contributed by atoms with Gasteiger partial charge in [-0.3, -0.25) is 0 Å². The van der Waals surface area contributed by atoms with E-state index in [9.17, 15) is 5.11 Å². The van der Waals surface area contributed by atoms with Gasteiger partial charge in [0.1, 0.15) is 0 Å². The van der Waals surface area contributed by atoms with Gasteiger partial charge in [0, 0.05) is 25.1 Å². The minimum Gasteiger partial charge on any atom is -0.393 e. The summed E-state index contributed by atoms with van der Waals surface area (Å²) in [5.41, 5.74) is 0. The fourth-order valence-corrected chi connectivity index (χ4v) is 2.11. The number of hydrogen-bond donors (Lipinski definition) is 1. The van der Waals surface area contributed by atoms with Crippen molar-refractivity contribution in [3.63, 3.8) is 0 Å². The molecule has 0 aromatic carbocycles. The van der Waals surface area contributed by atoms with E-state index in [2.05, 4.69) is 25.7 Å². The summed E-state index contributed by atoms with van der Waals surface area (Å²) < 4.78 is 5.42. The van der Waals surface area contributed by atoms with Crippen molar-refractivity contribution in [3.8, 4) is 0 Å². The summed E-state index contributed by atoms with van der Waals surface area (Å²) in [6.07, 6.45) is 1.79. The van der Waals surface area contributed by atoms with Crippen LogP contribution < -0.4 is 0 Å². The van der Waals surface area contributed by atoms with Crippen LogP contribution in [0.3, 0.4) is 0 Å². The molecule has 1 rings (SSSR count). The van der Waals surface area contributed by atoms with E-state index in [1.54, 1.807) is 0 Å². The second kappa shape index (κ2) is 6.46. The van der Waals surface area contributed by atoms with Crippen LogP contribution in [0.2, 0.25) is 0 Å². The van der Waals surface area contributed by atoms with Gasteiger partial charge in [0.15, 0.2) is 0 Å². The molecule has 0 aromatic heterocycles. The molecule has 90 valence electrons. The molecule has 1 N–H and O–H groups in total. The lowest BCUT2D eigenvalue weighted by atomic mass is 9.97. The number of ether oxygens (including phenoxy) is 1. The molecule has 15 heavy (non-hydrogen) atoms. The first-order valence-electron chi connectivity index (χ1n) is 6.15. The lowest BCUT2D eigenvalue weighted by molar-refractivity contribution is -0.0492. The topological polar surface area (TPSA) is 32.7 Å². The monoisotopic (exact) mass is 215 g/mol. The van der Waals surface area contributed by atoms with Crippen LogP contribution in [0.4, 0.5) is 0 Å². The normalized spacial score (nSPS) is 27.6. The zero-order valence-electron chi connectivity index (χ0n) is 10.3. The number of hydrogen-bond acceptors (Lipinski definition) is 3. The van der Waals surface area contributed by atoms with E-state index in [0.29, 0.717) is 25.2 Å². The van der Waals surface area contributed by atoms with Crippen molar-refractivity contribution in [2.24, 2.45) is 5.92 Å². The summed E-state index contributed by atoms with van der Waals surface area (Å²) in [6, 6.07) is 0.555. The lowest BCUT2D eigenvalue weighted by Gasteiger charge is -2.34. The summed E-state index contributed by atoms with van der Waals surface area (Å²) in [4.78, 5) is 2.43. The molecule has 1 aliphatic rings. The van der Waals surface area contributed by atoms with Crippen LogP contribution in [0.15, 0.2) is 0 Å². The minimum absolute atomic E-state index is 0.170. The van der Waals surface area contributed by atoms with Crippen molar-refractivity contribution < 1.29 is 9.84 Å². The molecule has 3 heteroatoms. The Balaban J connectivity index is 2.41. The Kier molecular flexibility index (Phi) is 5.58. The zero-order valence-corrected chi connectivity index (χ0v) is 10.3. The summed E-state index contributed by atoms with van der Waals surface area (Å²) in [5, 5.41) is 9.86.